The van der Waals surface area contributed by atoms with E-state index in [0.29, 0.717) is 6.61 Å². The topological polar surface area (TPSA) is 84.9 Å². The van der Waals surface area contributed by atoms with Gasteiger partial charge in [-0.2, -0.15) is 0 Å². The lowest BCUT2D eigenvalue weighted by atomic mass is 9.84. The number of aliphatic hydroxyl groups is 2. The Morgan fingerprint density at radius 1 is 1.40 bits per heavy atom. The summed E-state index contributed by atoms with van der Waals surface area (Å²) in [7, 11) is 1.59. The van der Waals surface area contributed by atoms with E-state index in [0.717, 1.165) is 6.42 Å². The minimum Gasteiger partial charge on any atom is -0.394 e. The van der Waals surface area contributed by atoms with Gasteiger partial charge >= 0.3 is 0 Å². The molecule has 1 heterocycles. The highest BCUT2D eigenvalue weighted by molar-refractivity contribution is 4.93. The summed E-state index contributed by atoms with van der Waals surface area (Å²) in [4.78, 5) is 0. The summed E-state index contributed by atoms with van der Waals surface area (Å²) < 4.78 is 10.6. The molecule has 5 nitrogen and oxygen atoms in total. The summed E-state index contributed by atoms with van der Waals surface area (Å²) in [5.74, 6) is -0.0252. The van der Waals surface area contributed by atoms with Gasteiger partial charge < -0.3 is 25.4 Å². The molecule has 0 aromatic heterocycles. The van der Waals surface area contributed by atoms with E-state index < -0.39 is 18.2 Å². The van der Waals surface area contributed by atoms with Crippen LogP contribution in [0.3, 0.4) is 0 Å². The van der Waals surface area contributed by atoms with E-state index in [4.69, 9.17) is 20.3 Å². The van der Waals surface area contributed by atoms with Crippen molar-refractivity contribution in [3.63, 3.8) is 0 Å². The van der Waals surface area contributed by atoms with E-state index in [2.05, 4.69) is 0 Å². The third-order valence-corrected chi connectivity index (χ3v) is 3.07. The Bertz CT molecular complexity index is 190. The SMILES string of the molecule is CC[C@@H]1C(COC)O[C@@H](CO)C(N)C1O. The first-order chi connectivity index (χ1) is 7.15. The molecule has 0 spiro atoms. The Balaban J connectivity index is 2.70. The molecule has 15 heavy (non-hydrogen) atoms. The quantitative estimate of drug-likeness (QED) is 0.571. The number of ether oxygens (including phenoxy) is 2. The molecule has 1 fully saturated rings. The van der Waals surface area contributed by atoms with Gasteiger partial charge in [0.1, 0.15) is 0 Å². The Kier molecular flexibility index (Phi) is 4.95. The van der Waals surface area contributed by atoms with E-state index >= 15 is 0 Å². The predicted molar refractivity (Wildman–Crippen MR) is 55.4 cm³/mol. The zero-order valence-corrected chi connectivity index (χ0v) is 9.30. The number of hydrogen-bond donors (Lipinski definition) is 3. The number of nitrogens with two attached hydrogens (primary N) is 1. The van der Waals surface area contributed by atoms with Crippen molar-refractivity contribution in [3.8, 4) is 0 Å². The zero-order valence-electron chi connectivity index (χ0n) is 9.30. The van der Waals surface area contributed by atoms with Crippen molar-refractivity contribution < 1.29 is 19.7 Å². The zero-order chi connectivity index (χ0) is 11.4. The largest absolute Gasteiger partial charge is 0.394 e. The molecule has 0 aromatic carbocycles. The fourth-order valence-electron chi connectivity index (χ4n) is 2.14. The van der Waals surface area contributed by atoms with Crippen LogP contribution in [-0.4, -0.2) is 54.9 Å². The Hall–Kier alpha value is -0.200. The second kappa shape index (κ2) is 5.77. The van der Waals surface area contributed by atoms with Gasteiger partial charge in [0.2, 0.25) is 0 Å². The molecule has 0 saturated carbocycles. The molecule has 5 atom stereocenters. The minimum absolute atomic E-state index is 0.0252. The number of hydrogen-bond acceptors (Lipinski definition) is 5. The average molecular weight is 219 g/mol. The van der Waals surface area contributed by atoms with Crippen molar-refractivity contribution >= 4 is 0 Å². The van der Waals surface area contributed by atoms with Gasteiger partial charge in [-0.05, 0) is 6.42 Å². The summed E-state index contributed by atoms with van der Waals surface area (Å²) in [5, 5.41) is 19.0. The third-order valence-electron chi connectivity index (χ3n) is 3.07. The minimum atomic E-state index is -0.638. The lowest BCUT2D eigenvalue weighted by Gasteiger charge is -2.42. The predicted octanol–water partition coefficient (Wildman–Crippen LogP) is -0.893. The first kappa shape index (κ1) is 12.9. The van der Waals surface area contributed by atoms with Crippen molar-refractivity contribution in [2.45, 2.75) is 37.7 Å². The van der Waals surface area contributed by atoms with Crippen LogP contribution in [0.2, 0.25) is 0 Å². The fourth-order valence-corrected chi connectivity index (χ4v) is 2.14. The molecule has 90 valence electrons. The molecule has 0 bridgehead atoms. The molecule has 1 aliphatic rings. The second-order valence-corrected chi connectivity index (χ2v) is 3.99. The lowest BCUT2D eigenvalue weighted by Crippen LogP contribution is -2.60. The van der Waals surface area contributed by atoms with Gasteiger partial charge in [-0.25, -0.2) is 0 Å². The normalized spacial score (nSPS) is 41.8. The van der Waals surface area contributed by atoms with Crippen molar-refractivity contribution in [1.82, 2.24) is 0 Å². The van der Waals surface area contributed by atoms with E-state index in [1.165, 1.54) is 0 Å². The van der Waals surface area contributed by atoms with Crippen LogP contribution >= 0.6 is 0 Å². The highest BCUT2D eigenvalue weighted by atomic mass is 16.5. The smallest absolute Gasteiger partial charge is 0.0986 e. The van der Waals surface area contributed by atoms with Gasteiger partial charge in [0.25, 0.3) is 0 Å². The molecule has 3 unspecified atom stereocenters. The van der Waals surface area contributed by atoms with Gasteiger partial charge in [-0.1, -0.05) is 6.92 Å². The maximum absolute atomic E-state index is 9.96. The van der Waals surface area contributed by atoms with Crippen molar-refractivity contribution in [3.05, 3.63) is 0 Å². The van der Waals surface area contributed by atoms with Crippen LogP contribution in [-0.2, 0) is 9.47 Å². The van der Waals surface area contributed by atoms with Crippen LogP contribution < -0.4 is 5.73 Å². The second-order valence-electron chi connectivity index (χ2n) is 3.99. The summed E-state index contributed by atoms with van der Waals surface area (Å²) in [6.45, 7) is 2.22. The van der Waals surface area contributed by atoms with Crippen LogP contribution in [0.15, 0.2) is 0 Å². The van der Waals surface area contributed by atoms with Crippen LogP contribution in [0.25, 0.3) is 0 Å². The molecule has 5 heteroatoms. The molecule has 0 radical (unpaired) electrons. The van der Waals surface area contributed by atoms with E-state index in [9.17, 15) is 5.11 Å². The van der Waals surface area contributed by atoms with E-state index in [1.807, 2.05) is 6.92 Å². The number of aliphatic hydroxyl groups excluding tert-OH is 2. The summed E-state index contributed by atoms with van der Waals surface area (Å²) in [6.07, 6.45) is -0.544. The Labute approximate surface area is 90.2 Å². The molecule has 1 aliphatic heterocycles. The van der Waals surface area contributed by atoms with Crippen molar-refractivity contribution in [1.29, 1.82) is 0 Å². The highest BCUT2D eigenvalue weighted by Crippen LogP contribution is 2.27. The first-order valence-corrected chi connectivity index (χ1v) is 5.34. The molecule has 1 rings (SSSR count). The maximum Gasteiger partial charge on any atom is 0.0986 e. The van der Waals surface area contributed by atoms with Crippen molar-refractivity contribution in [2.75, 3.05) is 20.3 Å². The lowest BCUT2D eigenvalue weighted by molar-refractivity contribution is -0.174. The van der Waals surface area contributed by atoms with Gasteiger partial charge in [0, 0.05) is 13.0 Å². The summed E-state index contributed by atoms with van der Waals surface area (Å²) in [6, 6.07) is -0.520. The maximum atomic E-state index is 9.96. The molecule has 4 N–H and O–H groups in total. The first-order valence-electron chi connectivity index (χ1n) is 5.34. The Morgan fingerprint density at radius 3 is 2.53 bits per heavy atom. The average Bonchev–Trinajstić information content (AvgIpc) is 2.24. The molecule has 0 aliphatic carbocycles. The molecule has 0 aromatic rings. The molecular formula is C10H21NO4. The standard InChI is InChI=1S/C10H21NO4/c1-3-6-8(5-14-2)15-7(4-12)9(11)10(6)13/h6-10,12-13H,3-5,11H2,1-2H3/t6-,7+,8?,9?,10?/m1/s1. The van der Waals surface area contributed by atoms with Crippen LogP contribution in [0.4, 0.5) is 0 Å². The molecule has 0 amide bonds. The fraction of sp³-hybridized carbons (Fsp3) is 1.00. The van der Waals surface area contributed by atoms with Gasteiger partial charge in [0.05, 0.1) is 37.6 Å². The molecular weight excluding hydrogens is 198 g/mol. The van der Waals surface area contributed by atoms with Crippen molar-refractivity contribution in [2.24, 2.45) is 11.7 Å². The summed E-state index contributed by atoms with van der Waals surface area (Å²) in [5.41, 5.74) is 5.78. The number of methoxy groups -OCH3 is 1. The molecule has 1 saturated heterocycles. The third kappa shape index (κ3) is 2.68. The van der Waals surface area contributed by atoms with E-state index in [1.54, 1.807) is 7.11 Å². The van der Waals surface area contributed by atoms with Gasteiger partial charge in [-0.3, -0.25) is 0 Å². The van der Waals surface area contributed by atoms with Crippen LogP contribution in [0.1, 0.15) is 13.3 Å². The number of rotatable bonds is 4. The summed E-state index contributed by atoms with van der Waals surface area (Å²) >= 11 is 0. The Morgan fingerprint density at radius 2 is 2.07 bits per heavy atom. The van der Waals surface area contributed by atoms with Crippen LogP contribution in [0.5, 0.6) is 0 Å². The highest BCUT2D eigenvalue weighted by Gasteiger charge is 2.41. The monoisotopic (exact) mass is 219 g/mol. The van der Waals surface area contributed by atoms with Gasteiger partial charge in [-0.15, -0.1) is 0 Å². The van der Waals surface area contributed by atoms with E-state index in [-0.39, 0.29) is 18.6 Å². The van der Waals surface area contributed by atoms with Gasteiger partial charge in [0.15, 0.2) is 0 Å². The van der Waals surface area contributed by atoms with Crippen LogP contribution in [0, 0.1) is 5.92 Å².